The van der Waals surface area contributed by atoms with Gasteiger partial charge in [-0.25, -0.2) is 12.8 Å². The maximum absolute atomic E-state index is 10.4. The Kier molecular flexibility index (Phi) is 8.04. The first-order valence-electron chi connectivity index (χ1n) is 8.03. The molecule has 0 amide bonds. The molecule has 0 unspecified atom stereocenters. The summed E-state index contributed by atoms with van der Waals surface area (Å²) in [5.74, 6) is 2.94. The molecule has 0 saturated carbocycles. The molecule has 0 fully saturated rings. The zero-order chi connectivity index (χ0) is 19.9. The van der Waals surface area contributed by atoms with Crippen LogP contribution in [0, 0.1) is 13.8 Å². The summed E-state index contributed by atoms with van der Waals surface area (Å²) in [5, 5.41) is 0. The molecule has 0 aliphatic rings. The molecule has 7 heteroatoms. The van der Waals surface area contributed by atoms with E-state index in [0.29, 0.717) is 0 Å². The molecule has 0 saturated heterocycles. The number of halogens is 1. The number of thioether (sulfide) groups is 1. The molecule has 3 aromatic rings. The molecule has 0 bridgehead atoms. The second-order valence-electron chi connectivity index (χ2n) is 5.70. The highest BCUT2D eigenvalue weighted by Crippen LogP contribution is 2.24. The molecule has 0 atom stereocenters. The molecule has 0 spiro atoms. The Morgan fingerprint density at radius 2 is 1.52 bits per heavy atom. The molecule has 0 radical (unpaired) electrons. The summed E-state index contributed by atoms with van der Waals surface area (Å²) in [6, 6.07) is 20.2. The SMILES string of the molecule is Cc1cc(SCc2ccccc2)cc(C)[o+]1.O=S(=O)([O-])c1ccc(Br)cc1. The lowest BCUT2D eigenvalue weighted by Gasteiger charge is -2.05. The molecule has 1 heterocycles. The van der Waals surface area contributed by atoms with Gasteiger partial charge in [-0.3, -0.25) is 0 Å². The van der Waals surface area contributed by atoms with Crippen LogP contribution in [0.4, 0.5) is 0 Å². The predicted molar refractivity (Wildman–Crippen MR) is 111 cm³/mol. The van der Waals surface area contributed by atoms with Gasteiger partial charge in [-0.05, 0) is 29.8 Å². The van der Waals surface area contributed by atoms with Crippen LogP contribution in [0.5, 0.6) is 0 Å². The van der Waals surface area contributed by atoms with Gasteiger partial charge in [0.15, 0.2) is 0 Å². The van der Waals surface area contributed by atoms with Gasteiger partial charge in [0.05, 0.1) is 30.9 Å². The number of aryl methyl sites for hydroxylation is 2. The van der Waals surface area contributed by atoms with E-state index in [0.717, 1.165) is 21.7 Å². The predicted octanol–water partition coefficient (Wildman–Crippen LogP) is 5.82. The average molecular weight is 467 g/mol. The quantitative estimate of drug-likeness (QED) is 0.275. The second kappa shape index (κ2) is 10.0. The van der Waals surface area contributed by atoms with Gasteiger partial charge in [0.25, 0.3) is 0 Å². The van der Waals surface area contributed by atoms with Crippen LogP contribution in [-0.2, 0) is 15.9 Å². The summed E-state index contributed by atoms with van der Waals surface area (Å²) in [7, 11) is -4.29. The van der Waals surface area contributed by atoms with Crippen molar-refractivity contribution in [3.8, 4) is 0 Å². The van der Waals surface area contributed by atoms with Crippen molar-refractivity contribution in [3.05, 3.63) is 88.3 Å². The van der Waals surface area contributed by atoms with Crippen LogP contribution >= 0.6 is 27.7 Å². The third-order valence-corrected chi connectivity index (χ3v) is 5.79. The first-order valence-corrected chi connectivity index (χ1v) is 11.2. The third kappa shape index (κ3) is 7.84. The van der Waals surface area contributed by atoms with Gasteiger partial charge >= 0.3 is 11.5 Å². The van der Waals surface area contributed by atoms with Crippen molar-refractivity contribution in [2.24, 2.45) is 0 Å². The summed E-state index contributed by atoms with van der Waals surface area (Å²) < 4.78 is 37.3. The Balaban J connectivity index is 0.000000208. The zero-order valence-corrected chi connectivity index (χ0v) is 18.1. The molecule has 4 nitrogen and oxygen atoms in total. The van der Waals surface area contributed by atoms with Crippen molar-refractivity contribution in [2.75, 3.05) is 0 Å². The third-order valence-electron chi connectivity index (χ3n) is 3.36. The Morgan fingerprint density at radius 3 is 2.04 bits per heavy atom. The molecule has 1 aromatic heterocycles. The Morgan fingerprint density at radius 1 is 0.963 bits per heavy atom. The number of hydrogen-bond donors (Lipinski definition) is 0. The highest BCUT2D eigenvalue weighted by atomic mass is 79.9. The van der Waals surface area contributed by atoms with Crippen LogP contribution in [0.25, 0.3) is 0 Å². The van der Waals surface area contributed by atoms with Crippen molar-refractivity contribution < 1.29 is 17.4 Å². The fourth-order valence-electron chi connectivity index (χ4n) is 2.18. The van der Waals surface area contributed by atoms with E-state index >= 15 is 0 Å². The maximum Gasteiger partial charge on any atom is 0.327 e. The lowest BCUT2D eigenvalue weighted by atomic mass is 10.2. The molecule has 0 N–H and O–H groups in total. The number of hydrogen-bond acceptors (Lipinski definition) is 4. The first-order chi connectivity index (χ1) is 12.7. The fourth-order valence-corrected chi connectivity index (χ4v) is 3.94. The zero-order valence-electron chi connectivity index (χ0n) is 14.9. The molecule has 2 aromatic carbocycles. The van der Waals surface area contributed by atoms with Crippen molar-refractivity contribution >= 4 is 37.8 Å². The van der Waals surface area contributed by atoms with Crippen molar-refractivity contribution in [1.82, 2.24) is 0 Å². The highest BCUT2D eigenvalue weighted by molar-refractivity contribution is 9.10. The van der Waals surface area contributed by atoms with E-state index in [-0.39, 0.29) is 4.90 Å². The minimum Gasteiger partial charge on any atom is -0.744 e. The van der Waals surface area contributed by atoms with Gasteiger partial charge in [-0.2, -0.15) is 0 Å². The van der Waals surface area contributed by atoms with Crippen LogP contribution in [0.15, 0.2) is 85.4 Å². The average Bonchev–Trinajstić information content (AvgIpc) is 2.60. The van der Waals surface area contributed by atoms with Gasteiger partial charge in [0.2, 0.25) is 0 Å². The molecular formula is C20H19BrO4S2. The second-order valence-corrected chi connectivity index (χ2v) is 9.04. The first kappa shape index (κ1) is 21.6. The Labute approximate surface area is 172 Å². The molecular weight excluding hydrogens is 448 g/mol. The lowest BCUT2D eigenvalue weighted by molar-refractivity contribution is 0.463. The van der Waals surface area contributed by atoms with E-state index < -0.39 is 10.1 Å². The van der Waals surface area contributed by atoms with E-state index in [1.54, 1.807) is 0 Å². The van der Waals surface area contributed by atoms with E-state index in [1.165, 1.54) is 34.7 Å². The smallest absolute Gasteiger partial charge is 0.327 e. The van der Waals surface area contributed by atoms with Gasteiger partial charge in [-0.1, -0.05) is 46.3 Å². The number of benzene rings is 2. The highest BCUT2D eigenvalue weighted by Gasteiger charge is 2.08. The van der Waals surface area contributed by atoms with Crippen LogP contribution < -0.4 is 0 Å². The van der Waals surface area contributed by atoms with Gasteiger partial charge in [-0.15, -0.1) is 11.8 Å². The topological polar surface area (TPSA) is 68.5 Å². The van der Waals surface area contributed by atoms with E-state index in [1.807, 2.05) is 31.7 Å². The standard InChI is InChI=1S/C14H15OS.C6H5BrO3S/c1-11-8-14(9-12(2)15-11)16-10-13-6-4-3-5-7-13;7-5-1-3-6(4-2-5)11(8,9)10/h3-9H,10H2,1-2H3;1-4H,(H,8,9,10)/q+1;/p-1. The molecule has 142 valence electrons. The minimum absolute atomic E-state index is 0.208. The van der Waals surface area contributed by atoms with E-state index in [2.05, 4.69) is 52.3 Å². The summed E-state index contributed by atoms with van der Waals surface area (Å²) in [4.78, 5) is 1.06. The molecule has 0 aliphatic carbocycles. The van der Waals surface area contributed by atoms with Crippen molar-refractivity contribution in [2.45, 2.75) is 29.4 Å². The summed E-state index contributed by atoms with van der Waals surface area (Å²) in [6.07, 6.45) is 0. The van der Waals surface area contributed by atoms with Crippen molar-refractivity contribution in [3.63, 3.8) is 0 Å². The maximum atomic E-state index is 10.4. The van der Waals surface area contributed by atoms with Crippen LogP contribution in [0.3, 0.4) is 0 Å². The largest absolute Gasteiger partial charge is 0.744 e. The van der Waals surface area contributed by atoms with Crippen molar-refractivity contribution in [1.29, 1.82) is 0 Å². The normalized spacial score (nSPS) is 10.8. The summed E-state index contributed by atoms with van der Waals surface area (Å²) in [6.45, 7) is 3.97. The van der Waals surface area contributed by atoms with Gasteiger partial charge in [0.1, 0.15) is 10.1 Å². The van der Waals surface area contributed by atoms with E-state index in [4.69, 9.17) is 4.42 Å². The van der Waals surface area contributed by atoms with E-state index in [9.17, 15) is 13.0 Å². The fraction of sp³-hybridized carbons (Fsp3) is 0.150. The van der Waals surface area contributed by atoms with Crippen LogP contribution in [0.2, 0.25) is 0 Å². The summed E-state index contributed by atoms with van der Waals surface area (Å²) >= 11 is 4.96. The number of rotatable bonds is 4. The summed E-state index contributed by atoms with van der Waals surface area (Å²) in [5.41, 5.74) is 1.35. The molecule has 0 aliphatic heterocycles. The molecule has 3 rings (SSSR count). The Hall–Kier alpha value is -1.67. The van der Waals surface area contributed by atoms with Gasteiger partial charge in [0, 0.05) is 15.1 Å². The van der Waals surface area contributed by atoms with Crippen LogP contribution in [-0.4, -0.2) is 13.0 Å². The molecule has 27 heavy (non-hydrogen) atoms. The van der Waals surface area contributed by atoms with Crippen LogP contribution in [0.1, 0.15) is 17.1 Å². The monoisotopic (exact) mass is 466 g/mol. The van der Waals surface area contributed by atoms with Gasteiger partial charge < -0.3 is 4.55 Å². The minimum atomic E-state index is -4.29. The Bertz CT molecular complexity index is 952. The lowest BCUT2D eigenvalue weighted by Crippen LogP contribution is -1.97.